The van der Waals surface area contributed by atoms with Gasteiger partial charge in [0.15, 0.2) is 11.0 Å². The Morgan fingerprint density at radius 1 is 1.25 bits per heavy atom. The molecule has 0 saturated heterocycles. The summed E-state index contributed by atoms with van der Waals surface area (Å²) >= 11 is 4.75. The van der Waals surface area contributed by atoms with Gasteiger partial charge in [-0.3, -0.25) is 9.36 Å². The summed E-state index contributed by atoms with van der Waals surface area (Å²) in [5, 5.41) is 13.3. The number of carbonyl (C=O) groups is 1. The lowest BCUT2D eigenvalue weighted by atomic mass is 10.2. The average molecular weight is 514 g/mol. The zero-order chi connectivity index (χ0) is 22.9. The van der Waals surface area contributed by atoms with Crippen LogP contribution < -0.4 is 10.2 Å². The zero-order valence-corrected chi connectivity index (χ0v) is 20.3. The molecular formula is C23H24BrN5O2S. The lowest BCUT2D eigenvalue weighted by molar-refractivity contribution is -0.118. The van der Waals surface area contributed by atoms with Gasteiger partial charge in [0.25, 0.3) is 5.91 Å². The number of hydrogen-bond acceptors (Lipinski definition) is 6. The Labute approximate surface area is 200 Å². The summed E-state index contributed by atoms with van der Waals surface area (Å²) in [4.78, 5) is 12.3. The van der Waals surface area contributed by atoms with Crippen LogP contribution in [0.2, 0.25) is 0 Å². The monoisotopic (exact) mass is 513 g/mol. The third-order valence-corrected chi connectivity index (χ3v) is 5.69. The molecule has 1 heterocycles. The van der Waals surface area contributed by atoms with Crippen molar-refractivity contribution in [3.63, 3.8) is 0 Å². The first kappa shape index (κ1) is 23.7. The SMILES string of the molecule is C=C(C)Cn1c(SCC(=O)NN=Cc2ccccc2OCC)nnc1-c1ccc(Br)cc1. The molecule has 2 aromatic carbocycles. The van der Waals surface area contributed by atoms with Gasteiger partial charge >= 0.3 is 0 Å². The van der Waals surface area contributed by atoms with E-state index in [0.717, 1.165) is 32.7 Å². The van der Waals surface area contributed by atoms with E-state index >= 15 is 0 Å². The van der Waals surface area contributed by atoms with Gasteiger partial charge in [-0.2, -0.15) is 5.10 Å². The molecule has 0 aliphatic heterocycles. The minimum atomic E-state index is -0.241. The molecule has 1 N–H and O–H groups in total. The van der Waals surface area contributed by atoms with Crippen molar-refractivity contribution < 1.29 is 9.53 Å². The van der Waals surface area contributed by atoms with Gasteiger partial charge in [-0.05, 0) is 38.1 Å². The normalized spacial score (nSPS) is 11.0. The molecule has 0 saturated carbocycles. The quantitative estimate of drug-likeness (QED) is 0.180. The van der Waals surface area contributed by atoms with Crippen molar-refractivity contribution in [1.29, 1.82) is 0 Å². The summed E-state index contributed by atoms with van der Waals surface area (Å²) in [6.45, 7) is 8.99. The van der Waals surface area contributed by atoms with E-state index in [1.807, 2.05) is 66.9 Å². The van der Waals surface area contributed by atoms with Crippen LogP contribution in [0.3, 0.4) is 0 Å². The van der Waals surface area contributed by atoms with Gasteiger partial charge < -0.3 is 4.74 Å². The lowest BCUT2D eigenvalue weighted by Gasteiger charge is -2.10. The summed E-state index contributed by atoms with van der Waals surface area (Å²) in [5.74, 6) is 1.36. The third kappa shape index (κ3) is 6.54. The molecule has 1 aromatic heterocycles. The Kier molecular flexibility index (Phi) is 8.64. The number of hydrogen-bond donors (Lipinski definition) is 1. The number of allylic oxidation sites excluding steroid dienone is 1. The van der Waals surface area contributed by atoms with E-state index in [-0.39, 0.29) is 11.7 Å². The highest BCUT2D eigenvalue weighted by atomic mass is 79.9. The van der Waals surface area contributed by atoms with Gasteiger partial charge in [0.2, 0.25) is 0 Å². The Hall–Kier alpha value is -2.91. The number of benzene rings is 2. The number of halogens is 1. The summed E-state index contributed by atoms with van der Waals surface area (Å²) in [6.07, 6.45) is 1.57. The highest BCUT2D eigenvalue weighted by Gasteiger charge is 2.16. The second kappa shape index (κ2) is 11.6. The van der Waals surface area contributed by atoms with E-state index in [2.05, 4.69) is 43.2 Å². The molecule has 7 nitrogen and oxygen atoms in total. The van der Waals surface area contributed by atoms with Crippen molar-refractivity contribution in [1.82, 2.24) is 20.2 Å². The average Bonchev–Trinajstić information content (AvgIpc) is 3.16. The number of thioether (sulfide) groups is 1. The van der Waals surface area contributed by atoms with Crippen molar-refractivity contribution in [3.8, 4) is 17.1 Å². The lowest BCUT2D eigenvalue weighted by Crippen LogP contribution is -2.20. The minimum Gasteiger partial charge on any atom is -0.493 e. The Morgan fingerprint density at radius 3 is 2.72 bits per heavy atom. The second-order valence-electron chi connectivity index (χ2n) is 6.91. The van der Waals surface area contributed by atoms with Crippen molar-refractivity contribution in [2.75, 3.05) is 12.4 Å². The Balaban J connectivity index is 1.65. The number of nitrogens with one attached hydrogen (secondary N) is 1. The molecule has 0 aliphatic carbocycles. The smallest absolute Gasteiger partial charge is 0.250 e. The summed E-state index contributed by atoms with van der Waals surface area (Å²) < 4.78 is 8.51. The standard InChI is InChI=1S/C23H24BrN5O2S/c1-4-31-20-8-6-5-7-18(20)13-25-26-21(30)15-32-23-28-27-22(29(23)14-16(2)3)17-9-11-19(24)12-10-17/h5-13H,2,4,14-15H2,1,3H3,(H,26,30). The molecule has 1 amide bonds. The van der Waals surface area contributed by atoms with E-state index in [9.17, 15) is 4.79 Å². The molecule has 0 atom stereocenters. The maximum atomic E-state index is 12.3. The van der Waals surface area contributed by atoms with Gasteiger partial charge in [0.05, 0.1) is 18.6 Å². The number of ether oxygens (including phenoxy) is 1. The van der Waals surface area contributed by atoms with Crippen LogP contribution in [0.1, 0.15) is 19.4 Å². The van der Waals surface area contributed by atoms with Gasteiger partial charge in [-0.15, -0.1) is 10.2 Å². The van der Waals surface area contributed by atoms with Crippen molar-refractivity contribution in [2.24, 2.45) is 5.10 Å². The number of amides is 1. The van der Waals surface area contributed by atoms with Crippen LogP contribution in [-0.4, -0.2) is 39.2 Å². The van der Waals surface area contributed by atoms with E-state index in [1.165, 1.54) is 11.8 Å². The van der Waals surface area contributed by atoms with E-state index in [0.29, 0.717) is 18.3 Å². The zero-order valence-electron chi connectivity index (χ0n) is 17.9. The number of para-hydroxylation sites is 1. The van der Waals surface area contributed by atoms with Crippen LogP contribution in [0.5, 0.6) is 5.75 Å². The molecule has 0 radical (unpaired) electrons. The highest BCUT2D eigenvalue weighted by molar-refractivity contribution is 9.10. The molecule has 9 heteroatoms. The molecule has 32 heavy (non-hydrogen) atoms. The molecule has 3 aromatic rings. The van der Waals surface area contributed by atoms with Gasteiger partial charge in [0.1, 0.15) is 5.75 Å². The molecule has 0 fully saturated rings. The molecule has 0 aliphatic rings. The molecule has 0 unspecified atom stereocenters. The maximum Gasteiger partial charge on any atom is 0.250 e. The van der Waals surface area contributed by atoms with Crippen LogP contribution in [0.25, 0.3) is 11.4 Å². The third-order valence-electron chi connectivity index (χ3n) is 4.19. The molecule has 0 bridgehead atoms. The fraction of sp³-hybridized carbons (Fsp3) is 0.217. The van der Waals surface area contributed by atoms with E-state index < -0.39 is 0 Å². The summed E-state index contributed by atoms with van der Waals surface area (Å²) in [5.41, 5.74) is 5.25. The van der Waals surface area contributed by atoms with Crippen LogP contribution in [0.15, 0.2) is 75.4 Å². The highest BCUT2D eigenvalue weighted by Crippen LogP contribution is 2.26. The van der Waals surface area contributed by atoms with Gasteiger partial charge in [-0.25, -0.2) is 5.43 Å². The topological polar surface area (TPSA) is 81.4 Å². The minimum absolute atomic E-state index is 0.152. The van der Waals surface area contributed by atoms with Gasteiger partial charge in [0, 0.05) is 22.1 Å². The van der Waals surface area contributed by atoms with Crippen molar-refractivity contribution in [2.45, 2.75) is 25.5 Å². The van der Waals surface area contributed by atoms with Crippen LogP contribution >= 0.6 is 27.7 Å². The van der Waals surface area contributed by atoms with Crippen molar-refractivity contribution in [3.05, 3.63) is 70.7 Å². The predicted molar refractivity (Wildman–Crippen MR) is 132 cm³/mol. The number of aromatic nitrogens is 3. The first-order valence-corrected chi connectivity index (χ1v) is 11.8. The molecule has 166 valence electrons. The number of hydrazone groups is 1. The Bertz CT molecular complexity index is 1110. The number of nitrogens with zero attached hydrogens (tertiary/aromatic N) is 4. The molecular weight excluding hydrogens is 490 g/mol. The Morgan fingerprint density at radius 2 is 2.00 bits per heavy atom. The van der Waals surface area contributed by atoms with Crippen LogP contribution in [-0.2, 0) is 11.3 Å². The molecule has 0 spiro atoms. The van der Waals surface area contributed by atoms with Crippen LogP contribution in [0.4, 0.5) is 0 Å². The van der Waals surface area contributed by atoms with Gasteiger partial charge in [-0.1, -0.05) is 64.1 Å². The summed E-state index contributed by atoms with van der Waals surface area (Å²) in [6, 6.07) is 15.4. The predicted octanol–water partition coefficient (Wildman–Crippen LogP) is 4.92. The first-order chi connectivity index (χ1) is 15.5. The molecule has 3 rings (SSSR count). The largest absolute Gasteiger partial charge is 0.493 e. The number of carbonyl (C=O) groups excluding carboxylic acids is 1. The van der Waals surface area contributed by atoms with Crippen LogP contribution in [0, 0.1) is 0 Å². The maximum absolute atomic E-state index is 12.3. The number of rotatable bonds is 10. The van der Waals surface area contributed by atoms with Crippen molar-refractivity contribution >= 4 is 39.8 Å². The van der Waals surface area contributed by atoms with E-state index in [1.54, 1.807) is 6.21 Å². The fourth-order valence-electron chi connectivity index (χ4n) is 2.83. The first-order valence-electron chi connectivity index (χ1n) is 9.98. The fourth-order valence-corrected chi connectivity index (χ4v) is 3.83. The van der Waals surface area contributed by atoms with E-state index in [4.69, 9.17) is 4.74 Å². The second-order valence-corrected chi connectivity index (χ2v) is 8.77. The summed E-state index contributed by atoms with van der Waals surface area (Å²) in [7, 11) is 0.